The molecule has 184 valence electrons. The first kappa shape index (κ1) is 26.4. The van der Waals surface area contributed by atoms with Crippen molar-refractivity contribution in [1.29, 1.82) is 0 Å². The molecule has 5 heteroatoms. The lowest BCUT2D eigenvalue weighted by molar-refractivity contribution is 0.00695. The van der Waals surface area contributed by atoms with Crippen LogP contribution in [-0.4, -0.2) is 21.4 Å². The molecule has 0 N–H and O–H groups in total. The maximum absolute atomic E-state index is 13.1. The molecule has 0 aliphatic heterocycles. The Morgan fingerprint density at radius 1 is 0.944 bits per heavy atom. The van der Waals surface area contributed by atoms with Gasteiger partial charge in [-0.25, -0.2) is 9.48 Å². The third-order valence-corrected chi connectivity index (χ3v) is 5.14. The van der Waals surface area contributed by atoms with Crippen molar-refractivity contribution in [1.82, 2.24) is 9.78 Å². The van der Waals surface area contributed by atoms with E-state index in [-0.39, 0.29) is 11.5 Å². The Hall–Kier alpha value is -4.17. The van der Waals surface area contributed by atoms with Crippen LogP contribution in [0, 0.1) is 11.8 Å². The zero-order chi connectivity index (χ0) is 26.1. The van der Waals surface area contributed by atoms with Crippen LogP contribution >= 0.6 is 0 Å². The fourth-order valence-corrected chi connectivity index (χ4v) is 3.47. The molecule has 5 nitrogen and oxygen atoms in total. The molecule has 0 spiro atoms. The highest BCUT2D eigenvalue weighted by atomic mass is 16.6. The van der Waals surface area contributed by atoms with E-state index in [0.717, 1.165) is 22.1 Å². The van der Waals surface area contributed by atoms with Gasteiger partial charge in [0.05, 0.1) is 23.7 Å². The molecule has 1 aromatic heterocycles. The van der Waals surface area contributed by atoms with Gasteiger partial charge in [0.25, 0.3) is 5.56 Å². The van der Waals surface area contributed by atoms with Crippen molar-refractivity contribution in [3.63, 3.8) is 0 Å². The molecule has 0 atom stereocenters. The lowest BCUT2D eigenvalue weighted by Crippen LogP contribution is -2.24. The molecule has 4 aromatic rings. The summed E-state index contributed by atoms with van der Waals surface area (Å²) in [5.74, 6) is 5.95. The average molecular weight is 481 g/mol. The number of esters is 1. The van der Waals surface area contributed by atoms with Gasteiger partial charge in [-0.2, -0.15) is 5.10 Å². The van der Waals surface area contributed by atoms with Crippen LogP contribution in [-0.2, 0) is 17.7 Å². The lowest BCUT2D eigenvalue weighted by atomic mass is 10.1. The summed E-state index contributed by atoms with van der Waals surface area (Å²) in [6, 6.07) is 22.7. The number of hydrogen-bond donors (Lipinski definition) is 0. The summed E-state index contributed by atoms with van der Waals surface area (Å²) >= 11 is 0. The van der Waals surface area contributed by atoms with Crippen molar-refractivity contribution >= 4 is 16.7 Å². The summed E-state index contributed by atoms with van der Waals surface area (Å²) in [6.07, 6.45) is 2.34. The van der Waals surface area contributed by atoms with E-state index in [1.165, 1.54) is 4.68 Å². The van der Waals surface area contributed by atoms with Crippen LogP contribution in [0.25, 0.3) is 10.8 Å². The van der Waals surface area contributed by atoms with Crippen LogP contribution < -0.4 is 5.56 Å². The molecule has 0 bridgehead atoms. The fourth-order valence-electron chi connectivity index (χ4n) is 3.47. The molecule has 0 aliphatic carbocycles. The molecule has 3 aromatic carbocycles. The number of carbonyl (C=O) groups is 1. The van der Waals surface area contributed by atoms with E-state index >= 15 is 0 Å². The Bertz CT molecular complexity index is 1440. The second kappa shape index (κ2) is 12.0. The van der Waals surface area contributed by atoms with Crippen molar-refractivity contribution < 1.29 is 9.53 Å². The minimum atomic E-state index is -0.553. The zero-order valence-corrected chi connectivity index (χ0v) is 21.5. The highest BCUT2D eigenvalue weighted by Gasteiger charge is 2.17. The normalized spacial score (nSPS) is 10.6. The van der Waals surface area contributed by atoms with Crippen molar-refractivity contribution in [3.8, 4) is 11.8 Å². The van der Waals surface area contributed by atoms with Crippen molar-refractivity contribution in [3.05, 3.63) is 112 Å². The molecule has 0 fully saturated rings. The van der Waals surface area contributed by atoms with Crippen LogP contribution in [0.4, 0.5) is 0 Å². The number of carbonyl (C=O) groups excluding carboxylic acids is 1. The van der Waals surface area contributed by atoms with Gasteiger partial charge in [0.1, 0.15) is 5.60 Å². The third kappa shape index (κ3) is 7.16. The smallest absolute Gasteiger partial charge is 0.338 e. The van der Waals surface area contributed by atoms with E-state index < -0.39 is 5.60 Å². The molecule has 1 heterocycles. The Kier molecular flexibility index (Phi) is 8.81. The lowest BCUT2D eigenvalue weighted by Gasteiger charge is -2.19. The van der Waals surface area contributed by atoms with E-state index in [1.807, 2.05) is 95.3 Å². The molecule has 0 unspecified atom stereocenters. The molecule has 0 saturated carbocycles. The number of rotatable bonds is 4. The number of aromatic nitrogens is 2. The zero-order valence-electron chi connectivity index (χ0n) is 21.5. The summed E-state index contributed by atoms with van der Waals surface area (Å²) in [5.41, 5.74) is 2.54. The Morgan fingerprint density at radius 3 is 2.31 bits per heavy atom. The molecule has 36 heavy (non-hydrogen) atoms. The van der Waals surface area contributed by atoms with Gasteiger partial charge in [-0.15, -0.1) is 0 Å². The van der Waals surface area contributed by atoms with Gasteiger partial charge in [-0.05, 0) is 56.2 Å². The monoisotopic (exact) mass is 480 g/mol. The second-order valence-corrected chi connectivity index (χ2v) is 9.07. The SMILES string of the molecule is CC.CC(C)(C)OC(=O)c1ccc(Cn2ncc3ccc(C#CCc4ccccc4)cc3c2=O)cc1. The predicted octanol–water partition coefficient (Wildman–Crippen LogP) is 6.02. The topological polar surface area (TPSA) is 61.2 Å². The average Bonchev–Trinajstić information content (AvgIpc) is 2.87. The first-order chi connectivity index (χ1) is 17.3. The predicted molar refractivity (Wildman–Crippen MR) is 145 cm³/mol. The highest BCUT2D eigenvalue weighted by molar-refractivity contribution is 5.89. The van der Waals surface area contributed by atoms with E-state index in [4.69, 9.17) is 4.74 Å². The van der Waals surface area contributed by atoms with Crippen molar-refractivity contribution in [2.24, 2.45) is 0 Å². The van der Waals surface area contributed by atoms with Gasteiger partial charge in [0.2, 0.25) is 0 Å². The molecular formula is C31H32N2O3. The molecule has 0 radical (unpaired) electrons. The van der Waals surface area contributed by atoms with E-state index in [9.17, 15) is 9.59 Å². The largest absolute Gasteiger partial charge is 0.456 e. The van der Waals surface area contributed by atoms with Crippen molar-refractivity contribution in [2.45, 2.75) is 53.2 Å². The summed E-state index contributed by atoms with van der Waals surface area (Å²) < 4.78 is 6.82. The maximum atomic E-state index is 13.1. The summed E-state index contributed by atoms with van der Waals surface area (Å²) in [4.78, 5) is 25.3. The van der Waals surface area contributed by atoms with Gasteiger partial charge in [0.15, 0.2) is 0 Å². The van der Waals surface area contributed by atoms with Gasteiger partial charge < -0.3 is 4.74 Å². The third-order valence-electron chi connectivity index (χ3n) is 5.14. The molecule has 0 saturated heterocycles. The minimum absolute atomic E-state index is 0.180. The summed E-state index contributed by atoms with van der Waals surface area (Å²) in [6.45, 7) is 9.79. The molecule has 0 amide bonds. The maximum Gasteiger partial charge on any atom is 0.338 e. The Morgan fingerprint density at radius 2 is 1.64 bits per heavy atom. The van der Waals surface area contributed by atoms with Crippen LogP contribution in [0.5, 0.6) is 0 Å². The number of ether oxygens (including phenoxy) is 1. The second-order valence-electron chi connectivity index (χ2n) is 9.07. The van der Waals surface area contributed by atoms with Gasteiger partial charge in [0, 0.05) is 17.4 Å². The van der Waals surface area contributed by atoms with Gasteiger partial charge >= 0.3 is 5.97 Å². The summed E-state index contributed by atoms with van der Waals surface area (Å²) in [5, 5.41) is 5.66. The Balaban J connectivity index is 0.00000176. The number of hydrogen-bond acceptors (Lipinski definition) is 4. The van der Waals surface area contributed by atoms with Crippen LogP contribution in [0.2, 0.25) is 0 Å². The number of nitrogens with zero attached hydrogens (tertiary/aromatic N) is 2. The van der Waals surface area contributed by atoms with E-state index in [2.05, 4.69) is 16.9 Å². The van der Waals surface area contributed by atoms with Crippen LogP contribution in [0.15, 0.2) is 83.8 Å². The first-order valence-corrected chi connectivity index (χ1v) is 12.1. The number of benzene rings is 3. The van der Waals surface area contributed by atoms with E-state index in [0.29, 0.717) is 23.9 Å². The fraction of sp³-hybridized carbons (Fsp3) is 0.258. The highest BCUT2D eigenvalue weighted by Crippen LogP contribution is 2.14. The Labute approximate surface area is 212 Å². The van der Waals surface area contributed by atoms with Gasteiger partial charge in [-0.1, -0.05) is 74.2 Å². The molecule has 4 rings (SSSR count). The molecule has 0 aliphatic rings. The van der Waals surface area contributed by atoms with Crippen molar-refractivity contribution in [2.75, 3.05) is 0 Å². The molecular weight excluding hydrogens is 448 g/mol. The number of fused-ring (bicyclic) bond motifs is 1. The van der Waals surface area contributed by atoms with Crippen LogP contribution in [0.3, 0.4) is 0 Å². The summed E-state index contributed by atoms with van der Waals surface area (Å²) in [7, 11) is 0. The van der Waals surface area contributed by atoms with Crippen LogP contribution in [0.1, 0.15) is 61.7 Å². The minimum Gasteiger partial charge on any atom is -0.456 e. The van der Waals surface area contributed by atoms with Gasteiger partial charge in [-0.3, -0.25) is 4.79 Å². The quantitative estimate of drug-likeness (QED) is 0.265. The van der Waals surface area contributed by atoms with E-state index in [1.54, 1.807) is 18.3 Å². The first-order valence-electron chi connectivity index (χ1n) is 12.1. The standard InChI is InChI=1S/C29H26N2O3.C2H6/c1-29(2,3)34-28(33)24-15-13-23(14-16-24)20-31-27(32)26-18-22(12-17-25(26)19-30-31)11-7-10-21-8-5-4-6-9-21;1-2/h4-6,8-9,12-19H,10,20H2,1-3H3;1-2H3.